The van der Waals surface area contributed by atoms with E-state index in [1.807, 2.05) is 72.8 Å². The van der Waals surface area contributed by atoms with Gasteiger partial charge in [0.15, 0.2) is 0 Å². The third-order valence-corrected chi connectivity index (χ3v) is 7.54. The largest absolute Gasteiger partial charge is 0.276 e. The molecular formula is C39H21N9. The average Bonchev–Trinajstić information content (AvgIpc) is 3.18. The number of rotatable bonds is 6. The summed E-state index contributed by atoms with van der Waals surface area (Å²) in [5.74, 6) is 0. The van der Waals surface area contributed by atoms with Gasteiger partial charge in [-0.15, -0.1) is 0 Å². The highest BCUT2D eigenvalue weighted by Gasteiger charge is 2.14. The minimum absolute atomic E-state index is 0.437. The molecule has 222 valence electrons. The van der Waals surface area contributed by atoms with Gasteiger partial charge in [0.2, 0.25) is 5.69 Å². The van der Waals surface area contributed by atoms with Crippen LogP contribution in [0, 0.1) is 29.2 Å². The highest BCUT2D eigenvalue weighted by molar-refractivity contribution is 5.80. The van der Waals surface area contributed by atoms with Crippen molar-refractivity contribution in [1.29, 1.82) is 10.5 Å². The maximum Gasteiger partial charge on any atom is 0.205 e. The van der Waals surface area contributed by atoms with Gasteiger partial charge in [-0.2, -0.15) is 10.5 Å². The molecule has 9 heteroatoms. The summed E-state index contributed by atoms with van der Waals surface area (Å²) in [6.45, 7) is 7.39. The molecule has 0 aliphatic rings. The molecule has 0 aliphatic carbocycles. The molecule has 0 spiro atoms. The summed E-state index contributed by atoms with van der Waals surface area (Å²) in [5.41, 5.74) is 10.2. The Morgan fingerprint density at radius 3 is 1.17 bits per heavy atom. The van der Waals surface area contributed by atoms with Crippen molar-refractivity contribution in [2.45, 2.75) is 0 Å². The molecule has 0 unspecified atom stereocenters. The second-order valence-electron chi connectivity index (χ2n) is 10.7. The molecule has 0 fully saturated rings. The van der Waals surface area contributed by atoms with Crippen LogP contribution in [0.2, 0.25) is 0 Å². The van der Waals surface area contributed by atoms with Crippen LogP contribution in [0.15, 0.2) is 128 Å². The van der Waals surface area contributed by atoms with Crippen LogP contribution in [0.3, 0.4) is 0 Å². The van der Waals surface area contributed by atoms with Crippen molar-refractivity contribution in [2.24, 2.45) is 0 Å². The van der Waals surface area contributed by atoms with E-state index >= 15 is 0 Å². The van der Waals surface area contributed by atoms with Gasteiger partial charge < -0.3 is 0 Å². The fourth-order valence-electron chi connectivity index (χ4n) is 5.25. The van der Waals surface area contributed by atoms with E-state index in [0.717, 1.165) is 33.4 Å². The molecule has 6 aromatic heterocycles. The lowest BCUT2D eigenvalue weighted by molar-refractivity contribution is 1.26. The lowest BCUT2D eigenvalue weighted by Gasteiger charge is -2.12. The first-order valence-corrected chi connectivity index (χ1v) is 14.7. The minimum Gasteiger partial charge on any atom is -0.276 e. The quantitative estimate of drug-likeness (QED) is 0.171. The number of pyridine rings is 6. The summed E-state index contributed by atoms with van der Waals surface area (Å²) in [6, 6.07) is 32.9. The number of hydrogen-bond donors (Lipinski definition) is 0. The van der Waals surface area contributed by atoms with E-state index in [1.165, 1.54) is 18.6 Å². The van der Waals surface area contributed by atoms with Crippen LogP contribution in [-0.2, 0) is 0 Å². The molecule has 6 heterocycles. The number of nitrogens with zero attached hydrogens (tertiary/aromatic N) is 9. The highest BCUT2D eigenvalue weighted by Crippen LogP contribution is 2.34. The summed E-state index contributed by atoms with van der Waals surface area (Å²) < 4.78 is 0. The molecule has 0 atom stereocenters. The average molecular weight is 616 g/mol. The van der Waals surface area contributed by atoms with Gasteiger partial charge in [0.25, 0.3) is 0 Å². The lowest BCUT2D eigenvalue weighted by Crippen LogP contribution is -1.94. The Labute approximate surface area is 276 Å². The van der Waals surface area contributed by atoms with Crippen LogP contribution in [-0.4, -0.2) is 29.9 Å². The Balaban J connectivity index is 1.38. The van der Waals surface area contributed by atoms with E-state index in [1.54, 1.807) is 36.8 Å². The van der Waals surface area contributed by atoms with Gasteiger partial charge in [-0.05, 0) is 72.8 Å². The summed E-state index contributed by atoms with van der Waals surface area (Å²) in [4.78, 5) is 31.0. The summed E-state index contributed by atoms with van der Waals surface area (Å²) in [5, 5.41) is 18.8. The zero-order chi connectivity index (χ0) is 32.9. The zero-order valence-corrected chi connectivity index (χ0v) is 25.1. The van der Waals surface area contributed by atoms with Crippen LogP contribution >= 0.6 is 0 Å². The number of aromatic nitrogens is 6. The number of hydrogen-bond acceptors (Lipinski definition) is 8. The van der Waals surface area contributed by atoms with Crippen molar-refractivity contribution in [3.63, 3.8) is 0 Å². The smallest absolute Gasteiger partial charge is 0.205 e. The first-order chi connectivity index (χ1) is 23.6. The molecular weight excluding hydrogens is 594 g/mol. The molecule has 7 aromatic rings. The maximum absolute atomic E-state index is 9.40. The molecule has 0 amide bonds. The predicted octanol–water partition coefficient (Wildman–Crippen LogP) is 8.35. The van der Waals surface area contributed by atoms with Crippen LogP contribution in [0.1, 0.15) is 11.1 Å². The monoisotopic (exact) mass is 615 g/mol. The van der Waals surface area contributed by atoms with Crippen molar-refractivity contribution in [3.05, 3.63) is 151 Å². The Kier molecular flexibility index (Phi) is 7.88. The summed E-state index contributed by atoms with van der Waals surface area (Å²) in [6.07, 6.45) is 9.64. The topological polar surface area (TPSA) is 129 Å². The van der Waals surface area contributed by atoms with E-state index in [2.05, 4.69) is 31.9 Å². The van der Waals surface area contributed by atoms with Gasteiger partial charge >= 0.3 is 0 Å². The van der Waals surface area contributed by atoms with Gasteiger partial charge in [-0.3, -0.25) is 15.0 Å². The first kappa shape index (κ1) is 29.3. The van der Waals surface area contributed by atoms with Gasteiger partial charge in [0.05, 0.1) is 51.9 Å². The van der Waals surface area contributed by atoms with Gasteiger partial charge in [-0.25, -0.2) is 19.8 Å². The number of benzene rings is 1. The van der Waals surface area contributed by atoms with Crippen LogP contribution in [0.25, 0.3) is 72.4 Å². The molecule has 0 saturated carbocycles. The predicted molar refractivity (Wildman–Crippen MR) is 182 cm³/mol. The maximum atomic E-state index is 9.40. The third kappa shape index (κ3) is 6.09. The van der Waals surface area contributed by atoms with Crippen molar-refractivity contribution in [1.82, 2.24) is 29.9 Å². The van der Waals surface area contributed by atoms with Gasteiger partial charge in [-0.1, -0.05) is 18.2 Å². The fourth-order valence-corrected chi connectivity index (χ4v) is 5.25. The molecule has 0 radical (unpaired) electrons. The SMILES string of the molecule is [C-]#[N+]c1cncc(-c2cccc(-c3cc(-c4cccc(-c5cncc(C#N)c5)n4)cc(-c4cccc(-c5cncc(C#N)c5)n4)c3)n2)c1. The number of nitriles is 2. The molecule has 1 aromatic carbocycles. The summed E-state index contributed by atoms with van der Waals surface area (Å²) in [7, 11) is 0. The first-order valence-electron chi connectivity index (χ1n) is 14.7. The van der Waals surface area contributed by atoms with E-state index < -0.39 is 0 Å². The lowest BCUT2D eigenvalue weighted by atomic mass is 9.98. The Hall–Kier alpha value is -7.41. The van der Waals surface area contributed by atoms with E-state index in [4.69, 9.17) is 21.5 Å². The molecule has 0 aliphatic heterocycles. The Morgan fingerprint density at radius 2 is 0.792 bits per heavy atom. The standard InChI is InChI=1S/C39H21N9/c1-42-33-16-32(23-45-24-33)39-10-4-7-36(48-39)29-14-27(34-5-2-8-37(46-34)30-11-25(17-40)19-43-21-30)13-28(15-29)35-6-3-9-38(47-35)31-12-26(18-41)20-44-22-31/h2-16,19-24H. The molecule has 0 bridgehead atoms. The van der Waals surface area contributed by atoms with Crippen LogP contribution < -0.4 is 0 Å². The van der Waals surface area contributed by atoms with Gasteiger partial charge in [0.1, 0.15) is 12.1 Å². The molecule has 9 nitrogen and oxygen atoms in total. The van der Waals surface area contributed by atoms with E-state index in [-0.39, 0.29) is 0 Å². The van der Waals surface area contributed by atoms with Crippen LogP contribution in [0.4, 0.5) is 5.69 Å². The normalized spacial score (nSPS) is 10.4. The molecule has 0 saturated heterocycles. The highest BCUT2D eigenvalue weighted by atomic mass is 14.8. The van der Waals surface area contributed by atoms with Crippen molar-refractivity contribution >= 4 is 5.69 Å². The minimum atomic E-state index is 0.437. The second-order valence-corrected chi connectivity index (χ2v) is 10.7. The Bertz CT molecular complexity index is 2180. The van der Waals surface area contributed by atoms with Crippen molar-refractivity contribution in [3.8, 4) is 79.7 Å². The van der Waals surface area contributed by atoms with Crippen molar-refractivity contribution < 1.29 is 0 Å². The van der Waals surface area contributed by atoms with Gasteiger partial charge in [0, 0.05) is 70.6 Å². The second kappa shape index (κ2) is 12.9. The fraction of sp³-hybridized carbons (Fsp3) is 0. The van der Waals surface area contributed by atoms with Crippen molar-refractivity contribution in [2.75, 3.05) is 0 Å². The van der Waals surface area contributed by atoms with E-state index in [9.17, 15) is 10.5 Å². The summed E-state index contributed by atoms with van der Waals surface area (Å²) >= 11 is 0. The molecule has 7 rings (SSSR count). The molecule has 0 N–H and O–H groups in total. The van der Waals surface area contributed by atoms with E-state index in [0.29, 0.717) is 51.0 Å². The zero-order valence-electron chi connectivity index (χ0n) is 25.1. The molecule has 48 heavy (non-hydrogen) atoms. The Morgan fingerprint density at radius 1 is 0.438 bits per heavy atom. The van der Waals surface area contributed by atoms with Crippen LogP contribution in [0.5, 0.6) is 0 Å². The third-order valence-electron chi connectivity index (χ3n) is 7.54.